The summed E-state index contributed by atoms with van der Waals surface area (Å²) < 4.78 is 0. The van der Waals surface area contributed by atoms with Crippen molar-refractivity contribution in [2.75, 3.05) is 0 Å². The summed E-state index contributed by atoms with van der Waals surface area (Å²) in [6, 6.07) is 0. The molecule has 0 saturated heterocycles. The highest BCUT2D eigenvalue weighted by Gasteiger charge is 2.45. The van der Waals surface area contributed by atoms with E-state index in [1.54, 1.807) is 6.08 Å². The zero-order valence-electron chi connectivity index (χ0n) is 7.82. The van der Waals surface area contributed by atoms with Gasteiger partial charge in [0.15, 0.2) is 0 Å². The fourth-order valence-corrected chi connectivity index (χ4v) is 2.35. The van der Waals surface area contributed by atoms with Crippen LogP contribution in [0.5, 0.6) is 0 Å². The first-order chi connectivity index (χ1) is 6.65. The third-order valence-electron chi connectivity index (χ3n) is 3.02. The van der Waals surface area contributed by atoms with Crippen LogP contribution in [-0.2, 0) is 9.59 Å². The quantitative estimate of drug-likeness (QED) is 0.677. The van der Waals surface area contributed by atoms with Crippen LogP contribution in [-0.4, -0.2) is 16.9 Å². The van der Waals surface area contributed by atoms with Gasteiger partial charge in [0.25, 0.3) is 0 Å². The molecule has 0 radical (unpaired) electrons. The molecule has 2 aliphatic rings. The highest BCUT2D eigenvalue weighted by atomic mass is 16.4. The number of aliphatic carboxylic acids is 1. The molecule has 1 saturated carbocycles. The van der Waals surface area contributed by atoms with Gasteiger partial charge < -0.3 is 5.11 Å². The van der Waals surface area contributed by atoms with Gasteiger partial charge in [-0.2, -0.15) is 0 Å². The first-order valence-corrected chi connectivity index (χ1v) is 4.77. The second-order valence-corrected chi connectivity index (χ2v) is 3.83. The lowest BCUT2D eigenvalue weighted by molar-refractivity contribution is -0.141. The molecule has 1 N–H and O–H groups in total. The summed E-state index contributed by atoms with van der Waals surface area (Å²) in [4.78, 5) is 22.4. The Morgan fingerprint density at radius 3 is 3.00 bits per heavy atom. The van der Waals surface area contributed by atoms with E-state index in [9.17, 15) is 9.59 Å². The van der Waals surface area contributed by atoms with Gasteiger partial charge in [-0.15, -0.1) is 0 Å². The number of fused-ring (bicyclic) bond motifs is 1. The number of carbonyl (C=O) groups excluding carboxylic acids is 1. The predicted molar refractivity (Wildman–Crippen MR) is 50.8 cm³/mol. The van der Waals surface area contributed by atoms with Gasteiger partial charge in [0.2, 0.25) is 0 Å². The van der Waals surface area contributed by atoms with Crippen LogP contribution in [0.3, 0.4) is 0 Å². The summed E-state index contributed by atoms with van der Waals surface area (Å²) in [6.07, 6.45) is 7.62. The van der Waals surface area contributed by atoms with Gasteiger partial charge in [-0.1, -0.05) is 23.8 Å². The van der Waals surface area contributed by atoms with Crippen molar-refractivity contribution in [1.29, 1.82) is 0 Å². The normalized spacial score (nSPS) is 30.0. The molecule has 3 heteroatoms. The molecule has 0 aromatic carbocycles. The number of carboxylic acids is 1. The van der Waals surface area contributed by atoms with Crippen LogP contribution in [0, 0.1) is 5.41 Å². The number of carbonyl (C=O) groups is 2. The van der Waals surface area contributed by atoms with E-state index in [1.807, 2.05) is 12.2 Å². The van der Waals surface area contributed by atoms with E-state index in [0.29, 0.717) is 6.42 Å². The van der Waals surface area contributed by atoms with Crippen molar-refractivity contribution in [3.05, 3.63) is 23.8 Å². The Labute approximate surface area is 82.1 Å². The SMILES string of the molecule is O=C(O)CC12C=CCC=C1CCC2=O. The molecule has 14 heavy (non-hydrogen) atoms. The Bertz CT molecular complexity index is 352. The van der Waals surface area contributed by atoms with Crippen molar-refractivity contribution in [2.45, 2.75) is 25.7 Å². The Balaban J connectivity index is 2.39. The molecule has 74 valence electrons. The van der Waals surface area contributed by atoms with Crippen molar-refractivity contribution in [3.8, 4) is 0 Å². The minimum absolute atomic E-state index is 0.0575. The monoisotopic (exact) mass is 192 g/mol. The van der Waals surface area contributed by atoms with Crippen LogP contribution >= 0.6 is 0 Å². The van der Waals surface area contributed by atoms with Crippen LogP contribution in [0.1, 0.15) is 25.7 Å². The summed E-state index contributed by atoms with van der Waals surface area (Å²) in [6.45, 7) is 0. The van der Waals surface area contributed by atoms with E-state index >= 15 is 0 Å². The van der Waals surface area contributed by atoms with Gasteiger partial charge in [-0.05, 0) is 12.8 Å². The number of hydrogen-bond donors (Lipinski definition) is 1. The number of ketones is 1. The van der Waals surface area contributed by atoms with Crippen LogP contribution in [0.25, 0.3) is 0 Å². The van der Waals surface area contributed by atoms with Gasteiger partial charge in [-0.25, -0.2) is 0 Å². The molecule has 0 bridgehead atoms. The van der Waals surface area contributed by atoms with Gasteiger partial charge in [0.05, 0.1) is 11.8 Å². The van der Waals surface area contributed by atoms with E-state index in [2.05, 4.69) is 0 Å². The van der Waals surface area contributed by atoms with Crippen LogP contribution in [0.15, 0.2) is 23.8 Å². The fourth-order valence-electron chi connectivity index (χ4n) is 2.35. The minimum Gasteiger partial charge on any atom is -0.481 e. The first kappa shape index (κ1) is 9.19. The Kier molecular flexibility index (Phi) is 2.02. The molecule has 0 aromatic heterocycles. The summed E-state index contributed by atoms with van der Waals surface area (Å²) in [5, 5.41) is 8.81. The molecule has 2 rings (SSSR count). The number of Topliss-reactive ketones (excluding diaryl/α,β-unsaturated/α-hetero) is 1. The standard InChI is InChI=1S/C11H12O3/c12-9-5-4-8-3-1-2-6-11(8,9)7-10(13)14/h2-3,6H,1,4-5,7H2,(H,13,14). The Morgan fingerprint density at radius 1 is 1.50 bits per heavy atom. The molecule has 0 amide bonds. The van der Waals surface area contributed by atoms with Crippen molar-refractivity contribution < 1.29 is 14.7 Å². The highest BCUT2D eigenvalue weighted by molar-refractivity contribution is 5.96. The Morgan fingerprint density at radius 2 is 2.29 bits per heavy atom. The van der Waals surface area contributed by atoms with Crippen molar-refractivity contribution >= 4 is 11.8 Å². The lowest BCUT2D eigenvalue weighted by Gasteiger charge is -2.26. The van der Waals surface area contributed by atoms with E-state index < -0.39 is 11.4 Å². The van der Waals surface area contributed by atoms with E-state index in [-0.39, 0.29) is 12.2 Å². The predicted octanol–water partition coefficient (Wildman–Crippen LogP) is 1.70. The molecular weight excluding hydrogens is 180 g/mol. The fraction of sp³-hybridized carbons (Fsp3) is 0.455. The summed E-state index contributed by atoms with van der Waals surface area (Å²) in [7, 11) is 0. The number of carboxylic acid groups (broad SMARTS) is 1. The number of hydrogen-bond acceptors (Lipinski definition) is 2. The average Bonchev–Trinajstić information content (AvgIpc) is 2.44. The lowest BCUT2D eigenvalue weighted by atomic mass is 9.75. The maximum atomic E-state index is 11.7. The average molecular weight is 192 g/mol. The lowest BCUT2D eigenvalue weighted by Crippen LogP contribution is -2.29. The molecule has 0 spiro atoms. The second kappa shape index (κ2) is 3.08. The Hall–Kier alpha value is -1.38. The molecule has 1 atom stereocenters. The molecule has 2 aliphatic carbocycles. The smallest absolute Gasteiger partial charge is 0.305 e. The zero-order valence-corrected chi connectivity index (χ0v) is 7.82. The van der Waals surface area contributed by atoms with Crippen molar-refractivity contribution in [3.63, 3.8) is 0 Å². The van der Waals surface area contributed by atoms with Gasteiger partial charge in [0.1, 0.15) is 5.78 Å². The minimum atomic E-state index is -0.905. The molecule has 3 nitrogen and oxygen atoms in total. The van der Waals surface area contributed by atoms with E-state index in [0.717, 1.165) is 18.4 Å². The molecule has 0 heterocycles. The van der Waals surface area contributed by atoms with Gasteiger partial charge in [-0.3, -0.25) is 9.59 Å². The second-order valence-electron chi connectivity index (χ2n) is 3.83. The van der Waals surface area contributed by atoms with Gasteiger partial charge >= 0.3 is 5.97 Å². The highest BCUT2D eigenvalue weighted by Crippen LogP contribution is 2.46. The topological polar surface area (TPSA) is 54.4 Å². The number of allylic oxidation sites excluding steroid dienone is 4. The third kappa shape index (κ3) is 1.20. The number of rotatable bonds is 2. The van der Waals surface area contributed by atoms with Crippen molar-refractivity contribution in [2.24, 2.45) is 5.41 Å². The molecule has 1 unspecified atom stereocenters. The van der Waals surface area contributed by atoms with Crippen molar-refractivity contribution in [1.82, 2.24) is 0 Å². The largest absolute Gasteiger partial charge is 0.481 e. The maximum absolute atomic E-state index is 11.7. The third-order valence-corrected chi connectivity index (χ3v) is 3.02. The molecule has 1 fully saturated rings. The molecule has 0 aromatic rings. The van der Waals surface area contributed by atoms with E-state index in [1.165, 1.54) is 0 Å². The van der Waals surface area contributed by atoms with Crippen LogP contribution < -0.4 is 0 Å². The molecular formula is C11H12O3. The van der Waals surface area contributed by atoms with Crippen LogP contribution in [0.4, 0.5) is 0 Å². The maximum Gasteiger partial charge on any atom is 0.305 e. The first-order valence-electron chi connectivity index (χ1n) is 4.77. The summed E-state index contributed by atoms with van der Waals surface area (Å²) in [5.74, 6) is -0.847. The zero-order chi connectivity index (χ0) is 10.2. The van der Waals surface area contributed by atoms with Crippen LogP contribution in [0.2, 0.25) is 0 Å². The molecule has 0 aliphatic heterocycles. The van der Waals surface area contributed by atoms with Gasteiger partial charge in [0, 0.05) is 6.42 Å². The summed E-state index contributed by atoms with van der Waals surface area (Å²) in [5.41, 5.74) is 0.219. The summed E-state index contributed by atoms with van der Waals surface area (Å²) >= 11 is 0. The van der Waals surface area contributed by atoms with E-state index in [4.69, 9.17) is 5.11 Å².